The van der Waals surface area contributed by atoms with Crippen LogP contribution in [0.2, 0.25) is 0 Å². The molecule has 6 heteroatoms. The second kappa shape index (κ2) is 4.31. The van der Waals surface area contributed by atoms with E-state index < -0.39 is 6.10 Å². The highest BCUT2D eigenvalue weighted by Crippen LogP contribution is 2.33. The minimum absolute atomic E-state index is 0.533. The van der Waals surface area contributed by atoms with Crippen molar-refractivity contribution in [1.29, 1.82) is 0 Å². The summed E-state index contributed by atoms with van der Waals surface area (Å²) in [5, 5.41) is 10.1. The largest absolute Gasteiger partial charge is 0.486 e. The van der Waals surface area contributed by atoms with Crippen molar-refractivity contribution in [2.45, 2.75) is 6.10 Å². The lowest BCUT2D eigenvalue weighted by molar-refractivity contribution is 0.169. The Morgan fingerprint density at radius 1 is 1.24 bits per heavy atom. The third-order valence-electron chi connectivity index (χ3n) is 2.54. The van der Waals surface area contributed by atoms with E-state index in [1.165, 1.54) is 0 Å². The first-order valence-corrected chi connectivity index (χ1v) is 5.93. The topological polar surface area (TPSA) is 64.5 Å². The first-order valence-electron chi connectivity index (χ1n) is 5.19. The van der Waals surface area contributed by atoms with Gasteiger partial charge >= 0.3 is 0 Å². The van der Waals surface area contributed by atoms with Gasteiger partial charge < -0.3 is 14.6 Å². The van der Waals surface area contributed by atoms with Crippen LogP contribution in [-0.4, -0.2) is 27.1 Å². The summed E-state index contributed by atoms with van der Waals surface area (Å²) in [6, 6.07) is 5.38. The molecule has 0 radical (unpaired) electrons. The van der Waals surface area contributed by atoms with Crippen molar-refractivity contribution in [2.24, 2.45) is 0 Å². The molecule has 1 aliphatic rings. The Balaban J connectivity index is 1.93. The Labute approximate surface area is 102 Å². The van der Waals surface area contributed by atoms with Gasteiger partial charge in [0.2, 0.25) is 0 Å². The lowest BCUT2D eigenvalue weighted by Crippen LogP contribution is -2.15. The molecular formula is C11H10N2O3S. The molecule has 1 aromatic heterocycles. The highest BCUT2D eigenvalue weighted by molar-refractivity contribution is 6.99. The van der Waals surface area contributed by atoms with Crippen LogP contribution in [0.5, 0.6) is 11.5 Å². The molecule has 5 nitrogen and oxygen atoms in total. The van der Waals surface area contributed by atoms with Crippen LogP contribution in [0.3, 0.4) is 0 Å². The van der Waals surface area contributed by atoms with E-state index in [0.717, 1.165) is 17.3 Å². The molecule has 0 aliphatic carbocycles. The Hall–Kier alpha value is -1.66. The van der Waals surface area contributed by atoms with Crippen LogP contribution in [0.25, 0.3) is 0 Å². The number of aromatic nitrogens is 2. The maximum absolute atomic E-state index is 10.1. The molecule has 0 amide bonds. The van der Waals surface area contributed by atoms with Crippen LogP contribution in [-0.2, 0) is 0 Å². The second-order valence-corrected chi connectivity index (χ2v) is 4.19. The Morgan fingerprint density at radius 3 is 2.82 bits per heavy atom. The van der Waals surface area contributed by atoms with Crippen LogP contribution in [0, 0.1) is 0 Å². The lowest BCUT2D eigenvalue weighted by atomic mass is 10.1. The summed E-state index contributed by atoms with van der Waals surface area (Å²) in [7, 11) is 0. The fourth-order valence-corrected chi connectivity index (χ4v) is 2.14. The molecule has 1 aromatic carbocycles. The summed E-state index contributed by atoms with van der Waals surface area (Å²) in [6.45, 7) is 1.09. The number of hydrogen-bond donors (Lipinski definition) is 1. The molecule has 0 spiro atoms. The average Bonchev–Trinajstić information content (AvgIpc) is 2.91. The number of fused-ring (bicyclic) bond motifs is 1. The van der Waals surface area contributed by atoms with Gasteiger partial charge in [-0.05, 0) is 17.7 Å². The zero-order chi connectivity index (χ0) is 11.7. The van der Waals surface area contributed by atoms with Crippen LogP contribution in [0.1, 0.15) is 17.4 Å². The molecule has 1 N–H and O–H groups in total. The molecule has 2 heterocycles. The normalized spacial score (nSPS) is 15.6. The zero-order valence-electron chi connectivity index (χ0n) is 8.87. The summed E-state index contributed by atoms with van der Waals surface area (Å²) in [5.41, 5.74) is 1.27. The Morgan fingerprint density at radius 2 is 2.06 bits per heavy atom. The highest BCUT2D eigenvalue weighted by Gasteiger charge is 2.17. The van der Waals surface area contributed by atoms with Gasteiger partial charge in [0.1, 0.15) is 25.0 Å². The maximum atomic E-state index is 10.1. The average molecular weight is 250 g/mol. The van der Waals surface area contributed by atoms with Crippen molar-refractivity contribution in [1.82, 2.24) is 8.75 Å². The predicted octanol–water partition coefficient (Wildman–Crippen LogP) is 1.39. The number of rotatable bonds is 2. The molecule has 3 rings (SSSR count). The molecule has 0 fully saturated rings. The first kappa shape index (κ1) is 10.5. The quantitative estimate of drug-likeness (QED) is 0.872. The second-order valence-electron chi connectivity index (χ2n) is 3.64. The van der Waals surface area contributed by atoms with E-state index in [-0.39, 0.29) is 0 Å². The minimum atomic E-state index is -0.774. The van der Waals surface area contributed by atoms with E-state index in [1.807, 2.05) is 0 Å². The molecule has 0 bridgehead atoms. The van der Waals surface area contributed by atoms with Gasteiger partial charge in [-0.3, -0.25) is 0 Å². The van der Waals surface area contributed by atoms with E-state index in [4.69, 9.17) is 9.47 Å². The third-order valence-corrected chi connectivity index (χ3v) is 3.03. The van der Waals surface area contributed by atoms with Crippen LogP contribution < -0.4 is 9.47 Å². The van der Waals surface area contributed by atoms with E-state index in [2.05, 4.69) is 8.75 Å². The molecule has 2 aromatic rings. The molecule has 1 aliphatic heterocycles. The summed E-state index contributed by atoms with van der Waals surface area (Å²) < 4.78 is 18.8. The molecule has 88 valence electrons. The number of nitrogens with zero attached hydrogens (tertiary/aromatic N) is 2. The molecule has 1 unspecified atom stereocenters. The highest BCUT2D eigenvalue weighted by atomic mass is 32.1. The number of aliphatic hydroxyl groups is 1. The summed E-state index contributed by atoms with van der Waals surface area (Å²) in [4.78, 5) is 0. The van der Waals surface area contributed by atoms with Crippen molar-refractivity contribution in [2.75, 3.05) is 13.2 Å². The van der Waals surface area contributed by atoms with Crippen molar-refractivity contribution < 1.29 is 14.6 Å². The van der Waals surface area contributed by atoms with Gasteiger partial charge in [-0.2, -0.15) is 8.75 Å². The van der Waals surface area contributed by atoms with E-state index in [9.17, 15) is 5.11 Å². The Bertz CT molecular complexity index is 515. The van der Waals surface area contributed by atoms with E-state index in [1.54, 1.807) is 24.4 Å². The standard InChI is InChI=1S/C11H10N2O3S/c14-11(8-6-12-17-13-8)7-1-2-9-10(5-7)16-4-3-15-9/h1-2,5-6,11,14H,3-4H2. The third kappa shape index (κ3) is 1.96. The molecule has 0 saturated heterocycles. The lowest BCUT2D eigenvalue weighted by Gasteiger charge is -2.19. The summed E-state index contributed by atoms with van der Waals surface area (Å²) in [5.74, 6) is 1.37. The van der Waals surface area contributed by atoms with Crippen LogP contribution in [0.4, 0.5) is 0 Å². The molecule has 17 heavy (non-hydrogen) atoms. The van der Waals surface area contributed by atoms with Gasteiger partial charge in [-0.15, -0.1) is 0 Å². The van der Waals surface area contributed by atoms with Crippen molar-refractivity contribution >= 4 is 11.7 Å². The molecule has 1 atom stereocenters. The monoisotopic (exact) mass is 250 g/mol. The van der Waals surface area contributed by atoms with Crippen LogP contribution >= 0.6 is 11.7 Å². The molecule has 0 saturated carbocycles. The van der Waals surface area contributed by atoms with Crippen molar-refractivity contribution in [3.63, 3.8) is 0 Å². The number of aliphatic hydroxyl groups excluding tert-OH is 1. The molecular weight excluding hydrogens is 240 g/mol. The van der Waals surface area contributed by atoms with Crippen LogP contribution in [0.15, 0.2) is 24.4 Å². The predicted molar refractivity (Wildman–Crippen MR) is 61.4 cm³/mol. The SMILES string of the molecule is OC(c1ccc2c(c1)OCCO2)c1cnsn1. The smallest absolute Gasteiger partial charge is 0.161 e. The number of ether oxygens (including phenoxy) is 2. The summed E-state index contributed by atoms with van der Waals surface area (Å²) >= 11 is 1.08. The number of hydrogen-bond acceptors (Lipinski definition) is 6. The van der Waals surface area contributed by atoms with Gasteiger partial charge in [0.25, 0.3) is 0 Å². The van der Waals surface area contributed by atoms with Gasteiger partial charge in [0, 0.05) is 0 Å². The van der Waals surface area contributed by atoms with E-state index in [0.29, 0.717) is 30.4 Å². The Kier molecular flexibility index (Phi) is 2.66. The van der Waals surface area contributed by atoms with Gasteiger partial charge in [-0.1, -0.05) is 6.07 Å². The van der Waals surface area contributed by atoms with Gasteiger partial charge in [0.05, 0.1) is 17.9 Å². The van der Waals surface area contributed by atoms with Crippen molar-refractivity contribution in [3.05, 3.63) is 35.7 Å². The maximum Gasteiger partial charge on any atom is 0.161 e. The minimum Gasteiger partial charge on any atom is -0.486 e. The fraction of sp³-hybridized carbons (Fsp3) is 0.273. The summed E-state index contributed by atoms with van der Waals surface area (Å²) in [6.07, 6.45) is 0.788. The van der Waals surface area contributed by atoms with Gasteiger partial charge in [-0.25, -0.2) is 0 Å². The van der Waals surface area contributed by atoms with E-state index >= 15 is 0 Å². The first-order chi connectivity index (χ1) is 8.34. The zero-order valence-corrected chi connectivity index (χ0v) is 9.68. The van der Waals surface area contributed by atoms with Gasteiger partial charge in [0.15, 0.2) is 11.5 Å². The number of benzene rings is 1. The fourth-order valence-electron chi connectivity index (χ4n) is 1.69. The van der Waals surface area contributed by atoms with Crippen molar-refractivity contribution in [3.8, 4) is 11.5 Å².